The zero-order valence-electron chi connectivity index (χ0n) is 13.8. The minimum Gasteiger partial charge on any atom is -0.380 e. The van der Waals surface area contributed by atoms with Gasteiger partial charge >= 0.3 is 0 Å². The summed E-state index contributed by atoms with van der Waals surface area (Å²) >= 11 is 0. The fourth-order valence-electron chi connectivity index (χ4n) is 2.85. The van der Waals surface area contributed by atoms with Gasteiger partial charge in [0.1, 0.15) is 14.2 Å². The van der Waals surface area contributed by atoms with Crippen LogP contribution in [0.4, 0.5) is 0 Å². The van der Waals surface area contributed by atoms with Crippen LogP contribution in [0, 0.1) is 29.2 Å². The van der Waals surface area contributed by atoms with Gasteiger partial charge in [-0.25, -0.2) is 0 Å². The number of aliphatic hydroxyl groups is 1. The molecule has 0 radical (unpaired) electrons. The number of hydrogen-bond acceptors (Lipinski definition) is 1. The highest BCUT2D eigenvalue weighted by Crippen LogP contribution is 2.40. The van der Waals surface area contributed by atoms with Crippen LogP contribution in [-0.2, 0) is 0 Å². The Morgan fingerprint density at radius 1 is 0.737 bits per heavy atom. The van der Waals surface area contributed by atoms with Crippen LogP contribution in [-0.4, -0.2) is 19.3 Å². The Morgan fingerprint density at radius 3 is 1.47 bits per heavy atom. The Balaban J connectivity index is 5.27. The largest absolute Gasteiger partial charge is 0.380 e. The third-order valence-electron chi connectivity index (χ3n) is 4.06. The predicted octanol–water partition coefficient (Wildman–Crippen LogP) is 4.23. The van der Waals surface area contributed by atoms with Crippen LogP contribution in [0.3, 0.4) is 0 Å². The molecule has 0 saturated heterocycles. The molecule has 0 aliphatic heterocycles. The van der Waals surface area contributed by atoms with Crippen LogP contribution in [0.1, 0.15) is 55.4 Å². The van der Waals surface area contributed by atoms with Crippen LogP contribution in [0.2, 0.25) is 16.6 Å². The number of aliphatic hydroxyl groups excluding tert-OH is 1. The highest BCUT2D eigenvalue weighted by atomic mass is 28.3. The van der Waals surface area contributed by atoms with Crippen molar-refractivity contribution in [3.8, 4) is 23.3 Å². The average molecular weight is 279 g/mol. The first-order valence-electron chi connectivity index (χ1n) is 7.37. The molecule has 0 aromatic heterocycles. The zero-order valence-corrected chi connectivity index (χ0v) is 14.8. The van der Waals surface area contributed by atoms with Crippen LogP contribution >= 0.6 is 0 Å². The lowest BCUT2D eigenvalue weighted by Crippen LogP contribution is -2.43. The van der Waals surface area contributed by atoms with Gasteiger partial charge in [0.05, 0.1) is 0 Å². The van der Waals surface area contributed by atoms with Crippen molar-refractivity contribution in [3.63, 3.8) is 0 Å². The van der Waals surface area contributed by atoms with Crippen molar-refractivity contribution in [1.29, 1.82) is 0 Å². The van der Waals surface area contributed by atoms with Gasteiger partial charge in [-0.05, 0) is 34.4 Å². The summed E-state index contributed by atoms with van der Waals surface area (Å²) in [6.07, 6.45) is -0.567. The molecule has 0 saturated carbocycles. The van der Waals surface area contributed by atoms with Crippen LogP contribution in [0.25, 0.3) is 0 Å². The summed E-state index contributed by atoms with van der Waals surface area (Å²) in [5.74, 6) is 8.90. The van der Waals surface area contributed by atoms with Gasteiger partial charge in [-0.2, -0.15) is 0 Å². The minimum atomic E-state index is -1.67. The van der Waals surface area contributed by atoms with Gasteiger partial charge in [-0.3, -0.25) is 0 Å². The predicted molar refractivity (Wildman–Crippen MR) is 87.4 cm³/mol. The second kappa shape index (κ2) is 7.78. The van der Waals surface area contributed by atoms with Crippen molar-refractivity contribution < 1.29 is 5.11 Å². The summed E-state index contributed by atoms with van der Waals surface area (Å²) in [5.41, 5.74) is 5.40. The maximum atomic E-state index is 9.65. The highest BCUT2D eigenvalue weighted by Gasteiger charge is 2.41. The Kier molecular flexibility index (Phi) is 7.49. The monoisotopic (exact) mass is 278 g/mol. The summed E-state index contributed by atoms with van der Waals surface area (Å²) in [6, 6.07) is 0. The Hall–Kier alpha value is -0.703. The van der Waals surface area contributed by atoms with Gasteiger partial charge in [-0.1, -0.05) is 61.3 Å². The van der Waals surface area contributed by atoms with Gasteiger partial charge < -0.3 is 5.11 Å². The summed E-state index contributed by atoms with van der Waals surface area (Å²) in [6.45, 7) is 17.7. The standard InChI is InChI=1S/C17H30OSi/c1-13(2)17(18)11-9-10-12-19(14(3)4,15(5)6)16(7)8/h13-18H,1-8H3/t17-/m1/s1. The quantitative estimate of drug-likeness (QED) is 0.603. The van der Waals surface area contributed by atoms with E-state index in [4.69, 9.17) is 0 Å². The van der Waals surface area contributed by atoms with E-state index in [0.717, 1.165) is 0 Å². The van der Waals surface area contributed by atoms with E-state index in [2.05, 4.69) is 64.8 Å². The van der Waals surface area contributed by atoms with E-state index in [9.17, 15) is 5.11 Å². The molecule has 1 atom stereocenters. The van der Waals surface area contributed by atoms with Gasteiger partial charge in [-0.15, -0.1) is 5.54 Å². The molecule has 0 aromatic carbocycles. The molecule has 0 amide bonds. The van der Waals surface area contributed by atoms with Crippen molar-refractivity contribution in [2.75, 3.05) is 0 Å². The fourth-order valence-corrected chi connectivity index (χ4v) is 7.99. The molecule has 0 aromatic rings. The molecule has 108 valence electrons. The molecule has 1 nitrogen and oxygen atoms in total. The molecule has 1 N–H and O–H groups in total. The van der Waals surface area contributed by atoms with E-state index in [1.807, 2.05) is 13.8 Å². The maximum absolute atomic E-state index is 9.65. The molecule has 0 fully saturated rings. The van der Waals surface area contributed by atoms with Crippen molar-refractivity contribution in [1.82, 2.24) is 0 Å². The first-order valence-corrected chi connectivity index (χ1v) is 9.60. The van der Waals surface area contributed by atoms with E-state index >= 15 is 0 Å². The lowest BCUT2D eigenvalue weighted by molar-refractivity contribution is 0.181. The fraction of sp³-hybridized carbons (Fsp3) is 0.765. The van der Waals surface area contributed by atoms with Gasteiger partial charge in [0.15, 0.2) is 0 Å². The van der Waals surface area contributed by atoms with Crippen LogP contribution < -0.4 is 0 Å². The van der Waals surface area contributed by atoms with E-state index in [1.54, 1.807) is 0 Å². The number of hydrogen-bond donors (Lipinski definition) is 1. The lowest BCUT2D eigenvalue weighted by Gasteiger charge is -2.37. The van der Waals surface area contributed by atoms with Crippen LogP contribution in [0.5, 0.6) is 0 Å². The lowest BCUT2D eigenvalue weighted by atomic mass is 10.1. The molecule has 19 heavy (non-hydrogen) atoms. The second-order valence-electron chi connectivity index (χ2n) is 6.61. The summed E-state index contributed by atoms with van der Waals surface area (Å²) in [4.78, 5) is 0. The van der Waals surface area contributed by atoms with Crippen LogP contribution in [0.15, 0.2) is 0 Å². The van der Waals surface area contributed by atoms with E-state index in [1.165, 1.54) is 0 Å². The summed E-state index contributed by atoms with van der Waals surface area (Å²) in [5, 5.41) is 9.65. The number of rotatable bonds is 4. The van der Waals surface area contributed by atoms with E-state index < -0.39 is 14.2 Å². The molecule has 0 aliphatic rings. The normalized spacial score (nSPS) is 13.3. The van der Waals surface area contributed by atoms with Crippen molar-refractivity contribution in [3.05, 3.63) is 0 Å². The maximum Gasteiger partial charge on any atom is 0.147 e. The molecule has 0 spiro atoms. The van der Waals surface area contributed by atoms with Gasteiger partial charge in [0.2, 0.25) is 0 Å². The van der Waals surface area contributed by atoms with Crippen molar-refractivity contribution in [2.24, 2.45) is 5.92 Å². The van der Waals surface area contributed by atoms with Gasteiger partial charge in [0.25, 0.3) is 0 Å². The molecular weight excluding hydrogens is 248 g/mol. The molecule has 0 bridgehead atoms. The Labute approximate surface area is 121 Å². The Bertz CT molecular complexity index is 363. The first-order chi connectivity index (χ1) is 8.66. The van der Waals surface area contributed by atoms with Crippen molar-refractivity contribution >= 4 is 8.07 Å². The molecule has 2 heteroatoms. The van der Waals surface area contributed by atoms with E-state index in [-0.39, 0.29) is 5.92 Å². The summed E-state index contributed by atoms with van der Waals surface area (Å²) in [7, 11) is -1.67. The molecule has 0 unspecified atom stereocenters. The molecule has 0 rings (SSSR count). The first kappa shape index (κ1) is 18.3. The molecule has 0 heterocycles. The molecular formula is C17H30OSi. The third kappa shape index (κ3) is 4.72. The van der Waals surface area contributed by atoms with E-state index in [0.29, 0.717) is 16.6 Å². The van der Waals surface area contributed by atoms with Gasteiger partial charge in [0, 0.05) is 0 Å². The SMILES string of the molecule is CC(C)[C@H](O)C#CC#C[Si](C(C)C)(C(C)C)C(C)C. The average Bonchev–Trinajstić information content (AvgIpc) is 2.26. The minimum absolute atomic E-state index is 0.164. The second-order valence-corrected chi connectivity index (χ2v) is 12.2. The topological polar surface area (TPSA) is 20.2 Å². The summed E-state index contributed by atoms with van der Waals surface area (Å²) < 4.78 is 0. The smallest absolute Gasteiger partial charge is 0.147 e. The zero-order chi connectivity index (χ0) is 15.2. The van der Waals surface area contributed by atoms with Crippen molar-refractivity contribution in [2.45, 2.75) is 78.1 Å². The highest BCUT2D eigenvalue weighted by molar-refractivity contribution is 6.90. The molecule has 0 aliphatic carbocycles. The third-order valence-corrected chi connectivity index (χ3v) is 10.3. The Morgan fingerprint density at radius 2 is 1.16 bits per heavy atom.